The predicted octanol–water partition coefficient (Wildman–Crippen LogP) is 6.48. The van der Waals surface area contributed by atoms with Crippen LogP contribution in [0.4, 0.5) is 14.5 Å². The van der Waals surface area contributed by atoms with E-state index in [4.69, 9.17) is 0 Å². The highest BCUT2D eigenvalue weighted by Crippen LogP contribution is 2.37. The van der Waals surface area contributed by atoms with Gasteiger partial charge in [-0.25, -0.2) is 8.78 Å². The van der Waals surface area contributed by atoms with E-state index in [2.05, 4.69) is 11.9 Å². The van der Waals surface area contributed by atoms with E-state index in [-0.39, 0.29) is 10.5 Å². The van der Waals surface area contributed by atoms with Gasteiger partial charge in [-0.3, -0.25) is 4.79 Å². The number of hydrogen-bond acceptors (Lipinski definition) is 2. The Hall–Kier alpha value is -1.62. The van der Waals surface area contributed by atoms with Crippen LogP contribution in [-0.4, -0.2) is 12.3 Å². The summed E-state index contributed by atoms with van der Waals surface area (Å²) in [7, 11) is 0. The molecule has 0 spiro atoms. The standard InChI is InChI=1S/C20H25F2NOS/c1-13(2)25-18(14(3)19(21)22)20(24)23-17-12-8-7-11-16(17)15-9-5-4-6-10-15/h7-8,11-12,15,19H,1,4-6,9-10H2,2-3H3,(H,23,24)/b18-14+. The summed E-state index contributed by atoms with van der Waals surface area (Å²) in [5.41, 5.74) is 1.60. The van der Waals surface area contributed by atoms with Crippen molar-refractivity contribution >= 4 is 23.4 Å². The first-order valence-corrected chi connectivity index (χ1v) is 9.44. The SMILES string of the molecule is C=C(C)S/C(C(=O)Nc1ccccc1C1CCCCC1)=C(\C)C(F)F. The van der Waals surface area contributed by atoms with Crippen LogP contribution in [0.15, 0.2) is 46.2 Å². The third kappa shape index (κ3) is 5.43. The number of amides is 1. The number of halogens is 2. The third-order valence-electron chi connectivity index (χ3n) is 4.42. The number of nitrogens with one attached hydrogen (secondary N) is 1. The second-order valence-corrected chi connectivity index (χ2v) is 7.80. The summed E-state index contributed by atoms with van der Waals surface area (Å²) in [6.07, 6.45) is 3.17. The molecular weight excluding hydrogens is 340 g/mol. The fraction of sp³-hybridized carbons (Fsp3) is 0.450. The van der Waals surface area contributed by atoms with Gasteiger partial charge in [-0.2, -0.15) is 0 Å². The number of rotatable bonds is 6. The molecule has 2 rings (SSSR count). The van der Waals surface area contributed by atoms with Crippen molar-refractivity contribution in [2.75, 3.05) is 5.32 Å². The average molecular weight is 365 g/mol. The van der Waals surface area contributed by atoms with E-state index in [9.17, 15) is 13.6 Å². The van der Waals surface area contributed by atoms with Crippen molar-refractivity contribution in [3.8, 4) is 0 Å². The van der Waals surface area contributed by atoms with E-state index in [0.717, 1.165) is 35.9 Å². The van der Waals surface area contributed by atoms with Gasteiger partial charge >= 0.3 is 0 Å². The monoisotopic (exact) mass is 365 g/mol. The van der Waals surface area contributed by atoms with Crippen LogP contribution < -0.4 is 5.32 Å². The molecule has 1 fully saturated rings. The van der Waals surface area contributed by atoms with Crippen LogP contribution in [0.5, 0.6) is 0 Å². The van der Waals surface area contributed by atoms with Gasteiger partial charge in [-0.15, -0.1) is 0 Å². The molecule has 0 radical (unpaired) electrons. The molecule has 0 atom stereocenters. The lowest BCUT2D eigenvalue weighted by molar-refractivity contribution is -0.112. The minimum atomic E-state index is -2.67. The van der Waals surface area contributed by atoms with Crippen LogP contribution in [-0.2, 0) is 4.79 Å². The van der Waals surface area contributed by atoms with Crippen LogP contribution in [0.2, 0.25) is 0 Å². The zero-order valence-corrected chi connectivity index (χ0v) is 15.6. The molecule has 0 aromatic heterocycles. The smallest absolute Gasteiger partial charge is 0.262 e. The van der Waals surface area contributed by atoms with E-state index in [1.165, 1.54) is 26.2 Å². The van der Waals surface area contributed by atoms with Crippen molar-refractivity contribution in [3.63, 3.8) is 0 Å². The predicted molar refractivity (Wildman–Crippen MR) is 102 cm³/mol. The molecule has 25 heavy (non-hydrogen) atoms. The lowest BCUT2D eigenvalue weighted by atomic mass is 9.83. The number of anilines is 1. The Kier molecular flexibility index (Phi) is 7.24. The van der Waals surface area contributed by atoms with Crippen molar-refractivity contribution in [3.05, 3.63) is 51.8 Å². The van der Waals surface area contributed by atoms with E-state index >= 15 is 0 Å². The topological polar surface area (TPSA) is 29.1 Å². The van der Waals surface area contributed by atoms with Gasteiger partial charge in [0, 0.05) is 11.3 Å². The molecule has 0 bridgehead atoms. The molecule has 2 nitrogen and oxygen atoms in total. The number of hydrogen-bond donors (Lipinski definition) is 1. The highest BCUT2D eigenvalue weighted by Gasteiger charge is 2.23. The van der Waals surface area contributed by atoms with Gasteiger partial charge in [0.25, 0.3) is 12.3 Å². The summed E-state index contributed by atoms with van der Waals surface area (Å²) < 4.78 is 26.2. The van der Waals surface area contributed by atoms with Crippen molar-refractivity contribution in [1.82, 2.24) is 0 Å². The van der Waals surface area contributed by atoms with E-state index in [1.807, 2.05) is 24.3 Å². The number of allylic oxidation sites excluding steroid dienone is 2. The van der Waals surface area contributed by atoms with Crippen molar-refractivity contribution in [1.29, 1.82) is 0 Å². The number of para-hydroxylation sites is 1. The number of alkyl halides is 2. The van der Waals surface area contributed by atoms with Gasteiger partial charge in [0.1, 0.15) is 0 Å². The van der Waals surface area contributed by atoms with Crippen LogP contribution in [0, 0.1) is 0 Å². The maximum absolute atomic E-state index is 13.1. The molecule has 1 aliphatic rings. The average Bonchev–Trinajstić information content (AvgIpc) is 2.60. The second-order valence-electron chi connectivity index (χ2n) is 6.49. The quantitative estimate of drug-likeness (QED) is 0.585. The van der Waals surface area contributed by atoms with Gasteiger partial charge in [0.05, 0.1) is 4.91 Å². The second kappa shape index (κ2) is 9.18. The third-order valence-corrected chi connectivity index (χ3v) is 5.48. The Morgan fingerprint density at radius 1 is 1.20 bits per heavy atom. The number of benzene rings is 1. The Morgan fingerprint density at radius 2 is 1.84 bits per heavy atom. The number of carbonyl (C=O) groups is 1. The maximum atomic E-state index is 13.1. The van der Waals surface area contributed by atoms with Gasteiger partial charge in [-0.05, 0) is 49.1 Å². The summed E-state index contributed by atoms with van der Waals surface area (Å²) >= 11 is 0.998. The minimum Gasteiger partial charge on any atom is -0.321 e. The lowest BCUT2D eigenvalue weighted by Crippen LogP contribution is -2.18. The lowest BCUT2D eigenvalue weighted by Gasteiger charge is -2.24. The molecule has 1 N–H and O–H groups in total. The maximum Gasteiger partial charge on any atom is 0.262 e. The minimum absolute atomic E-state index is 0.0287. The molecule has 136 valence electrons. The van der Waals surface area contributed by atoms with Crippen molar-refractivity contribution in [2.45, 2.75) is 58.3 Å². The fourth-order valence-electron chi connectivity index (χ4n) is 3.14. The van der Waals surface area contributed by atoms with Crippen LogP contribution in [0.25, 0.3) is 0 Å². The molecule has 1 aromatic carbocycles. The zero-order chi connectivity index (χ0) is 18.4. The normalized spacial score (nSPS) is 16.5. The van der Waals surface area contributed by atoms with Crippen molar-refractivity contribution in [2.24, 2.45) is 0 Å². The first-order chi connectivity index (χ1) is 11.9. The Balaban J connectivity index is 2.26. The zero-order valence-electron chi connectivity index (χ0n) is 14.8. The van der Waals surface area contributed by atoms with Crippen molar-refractivity contribution < 1.29 is 13.6 Å². The van der Waals surface area contributed by atoms with Crippen LogP contribution >= 0.6 is 11.8 Å². The summed E-state index contributed by atoms with van der Waals surface area (Å²) in [4.78, 5) is 13.3. The van der Waals surface area contributed by atoms with E-state index in [0.29, 0.717) is 10.8 Å². The molecule has 0 heterocycles. The summed E-state index contributed by atoms with van der Waals surface area (Å²) in [5.74, 6) is -0.0725. The molecular formula is C20H25F2NOS. The Bertz CT molecular complexity index is 663. The van der Waals surface area contributed by atoms with E-state index in [1.54, 1.807) is 6.92 Å². The summed E-state index contributed by atoms with van der Waals surface area (Å²) in [6, 6.07) is 7.70. The molecule has 1 amide bonds. The highest BCUT2D eigenvalue weighted by molar-refractivity contribution is 8.07. The van der Waals surface area contributed by atoms with Gasteiger partial charge < -0.3 is 5.32 Å². The van der Waals surface area contributed by atoms with Crippen LogP contribution in [0.1, 0.15) is 57.4 Å². The molecule has 1 aliphatic carbocycles. The van der Waals surface area contributed by atoms with Crippen LogP contribution in [0.3, 0.4) is 0 Å². The highest BCUT2D eigenvalue weighted by atomic mass is 32.2. The van der Waals surface area contributed by atoms with Gasteiger partial charge in [0.15, 0.2) is 0 Å². The largest absolute Gasteiger partial charge is 0.321 e. The molecule has 0 aliphatic heterocycles. The summed E-state index contributed by atoms with van der Waals surface area (Å²) in [5, 5.41) is 2.86. The molecule has 1 aromatic rings. The molecule has 1 saturated carbocycles. The fourth-order valence-corrected chi connectivity index (χ4v) is 3.88. The molecule has 0 unspecified atom stereocenters. The Labute approximate surface area is 152 Å². The first kappa shape index (κ1) is 19.7. The molecule has 5 heteroatoms. The molecule has 0 saturated heterocycles. The number of carbonyl (C=O) groups excluding carboxylic acids is 1. The number of thioether (sulfide) groups is 1. The van der Waals surface area contributed by atoms with Gasteiger partial charge in [-0.1, -0.05) is 55.8 Å². The van der Waals surface area contributed by atoms with Gasteiger partial charge in [0.2, 0.25) is 0 Å². The summed E-state index contributed by atoms with van der Waals surface area (Å²) in [6.45, 7) is 6.72. The van der Waals surface area contributed by atoms with E-state index < -0.39 is 12.3 Å². The Morgan fingerprint density at radius 3 is 2.44 bits per heavy atom. The first-order valence-electron chi connectivity index (χ1n) is 8.62.